The molecular formula is C13H18BrNOS. The quantitative estimate of drug-likeness (QED) is 0.918. The van der Waals surface area contributed by atoms with E-state index in [2.05, 4.69) is 32.7 Å². The summed E-state index contributed by atoms with van der Waals surface area (Å²) in [6.45, 7) is 1.92. The third kappa shape index (κ3) is 2.60. The number of halogens is 1. The van der Waals surface area contributed by atoms with Crippen LogP contribution in [0.4, 0.5) is 0 Å². The lowest BCUT2D eigenvalue weighted by atomic mass is 9.74. The van der Waals surface area contributed by atoms with E-state index >= 15 is 0 Å². The van der Waals surface area contributed by atoms with Gasteiger partial charge in [0, 0.05) is 28.5 Å². The first kappa shape index (κ1) is 12.2. The summed E-state index contributed by atoms with van der Waals surface area (Å²) in [6, 6.07) is 2.76. The Kier molecular flexibility index (Phi) is 3.57. The molecule has 3 rings (SSSR count). The van der Waals surface area contributed by atoms with Crippen LogP contribution in [0.1, 0.15) is 37.0 Å². The Morgan fingerprint density at radius 2 is 2.41 bits per heavy atom. The van der Waals surface area contributed by atoms with Crippen LogP contribution in [0.2, 0.25) is 0 Å². The van der Waals surface area contributed by atoms with Crippen molar-refractivity contribution in [1.82, 2.24) is 5.32 Å². The predicted molar refractivity (Wildman–Crippen MR) is 74.4 cm³/mol. The van der Waals surface area contributed by atoms with Gasteiger partial charge in [0.15, 0.2) is 0 Å². The van der Waals surface area contributed by atoms with Gasteiger partial charge in [-0.1, -0.05) is 0 Å². The van der Waals surface area contributed by atoms with Gasteiger partial charge >= 0.3 is 0 Å². The molecular weight excluding hydrogens is 298 g/mol. The van der Waals surface area contributed by atoms with E-state index in [0.29, 0.717) is 6.04 Å². The van der Waals surface area contributed by atoms with Crippen molar-refractivity contribution in [2.24, 2.45) is 0 Å². The molecule has 1 saturated heterocycles. The Morgan fingerprint density at radius 3 is 3.06 bits per heavy atom. The summed E-state index contributed by atoms with van der Waals surface area (Å²) < 4.78 is 7.18. The second kappa shape index (κ2) is 5.00. The van der Waals surface area contributed by atoms with Gasteiger partial charge in [0.2, 0.25) is 0 Å². The lowest BCUT2D eigenvalue weighted by Crippen LogP contribution is -2.50. The van der Waals surface area contributed by atoms with Gasteiger partial charge in [-0.25, -0.2) is 0 Å². The monoisotopic (exact) mass is 315 g/mol. The van der Waals surface area contributed by atoms with Crippen molar-refractivity contribution >= 4 is 27.3 Å². The highest BCUT2D eigenvalue weighted by Gasteiger charge is 2.42. The summed E-state index contributed by atoms with van der Waals surface area (Å²) >= 11 is 5.40. The molecule has 2 heterocycles. The van der Waals surface area contributed by atoms with Crippen molar-refractivity contribution in [3.8, 4) is 0 Å². The molecule has 1 atom stereocenters. The van der Waals surface area contributed by atoms with Crippen LogP contribution in [-0.2, 0) is 11.3 Å². The molecule has 17 heavy (non-hydrogen) atoms. The van der Waals surface area contributed by atoms with Gasteiger partial charge in [0.05, 0.1) is 5.60 Å². The van der Waals surface area contributed by atoms with Crippen molar-refractivity contribution in [2.45, 2.75) is 50.3 Å². The van der Waals surface area contributed by atoms with Gasteiger partial charge in [-0.3, -0.25) is 0 Å². The van der Waals surface area contributed by atoms with Gasteiger partial charge in [-0.2, -0.15) is 0 Å². The van der Waals surface area contributed by atoms with E-state index in [0.717, 1.165) is 19.6 Å². The van der Waals surface area contributed by atoms with Crippen LogP contribution in [0.3, 0.4) is 0 Å². The molecule has 1 aromatic heterocycles. The van der Waals surface area contributed by atoms with Crippen molar-refractivity contribution in [3.05, 3.63) is 20.8 Å². The first-order chi connectivity index (χ1) is 8.27. The van der Waals surface area contributed by atoms with Crippen LogP contribution < -0.4 is 5.32 Å². The molecule has 2 fully saturated rings. The fourth-order valence-electron chi connectivity index (χ4n) is 2.81. The fourth-order valence-corrected chi connectivity index (χ4v) is 4.25. The van der Waals surface area contributed by atoms with E-state index in [4.69, 9.17) is 4.74 Å². The van der Waals surface area contributed by atoms with Crippen LogP contribution in [0, 0.1) is 0 Å². The summed E-state index contributed by atoms with van der Waals surface area (Å²) in [5.74, 6) is 0. The average Bonchev–Trinajstić information content (AvgIpc) is 2.71. The van der Waals surface area contributed by atoms with Gasteiger partial charge in [-0.15, -0.1) is 11.3 Å². The second-order valence-corrected chi connectivity index (χ2v) is 7.00. The van der Waals surface area contributed by atoms with Crippen LogP contribution in [0.5, 0.6) is 0 Å². The molecule has 1 aliphatic carbocycles. The SMILES string of the molecule is Brc1ccsc1CNC1CCOC2(CCC2)C1. The molecule has 1 unspecified atom stereocenters. The third-order valence-electron chi connectivity index (χ3n) is 4.00. The topological polar surface area (TPSA) is 21.3 Å². The molecule has 4 heteroatoms. The van der Waals surface area contributed by atoms with Crippen molar-refractivity contribution in [2.75, 3.05) is 6.61 Å². The minimum Gasteiger partial charge on any atom is -0.375 e. The summed E-state index contributed by atoms with van der Waals surface area (Å²) in [5.41, 5.74) is 0.253. The molecule has 2 nitrogen and oxygen atoms in total. The minimum absolute atomic E-state index is 0.253. The fraction of sp³-hybridized carbons (Fsp3) is 0.692. The standard InChI is InChI=1S/C13H18BrNOS/c14-11-3-7-17-12(11)9-15-10-2-6-16-13(8-10)4-1-5-13/h3,7,10,15H,1-2,4-6,8-9H2. The van der Waals surface area contributed by atoms with E-state index in [1.807, 2.05) is 11.3 Å². The maximum Gasteiger partial charge on any atom is 0.0697 e. The molecule has 1 saturated carbocycles. The van der Waals surface area contributed by atoms with Crippen LogP contribution >= 0.6 is 27.3 Å². The summed E-state index contributed by atoms with van der Waals surface area (Å²) in [6.07, 6.45) is 6.26. The number of ether oxygens (including phenoxy) is 1. The van der Waals surface area contributed by atoms with Gasteiger partial charge < -0.3 is 10.1 Å². The van der Waals surface area contributed by atoms with Gasteiger partial charge in [0.25, 0.3) is 0 Å². The Labute approximate surface area is 115 Å². The number of hydrogen-bond acceptors (Lipinski definition) is 3. The zero-order valence-electron chi connectivity index (χ0n) is 9.88. The zero-order valence-corrected chi connectivity index (χ0v) is 12.3. The molecule has 1 aliphatic heterocycles. The molecule has 2 aliphatic rings. The first-order valence-corrected chi connectivity index (χ1v) is 8.04. The molecule has 1 N–H and O–H groups in total. The largest absolute Gasteiger partial charge is 0.375 e. The van der Waals surface area contributed by atoms with E-state index in [1.165, 1.54) is 35.0 Å². The van der Waals surface area contributed by atoms with E-state index in [9.17, 15) is 0 Å². The van der Waals surface area contributed by atoms with Crippen LogP contribution in [0.15, 0.2) is 15.9 Å². The van der Waals surface area contributed by atoms with Crippen LogP contribution in [0.25, 0.3) is 0 Å². The highest BCUT2D eigenvalue weighted by molar-refractivity contribution is 9.10. The second-order valence-electron chi connectivity index (χ2n) is 5.15. The van der Waals surface area contributed by atoms with Crippen molar-refractivity contribution < 1.29 is 4.74 Å². The summed E-state index contributed by atoms with van der Waals surface area (Å²) in [7, 11) is 0. The Morgan fingerprint density at radius 1 is 1.53 bits per heavy atom. The molecule has 1 aromatic rings. The van der Waals surface area contributed by atoms with Crippen LogP contribution in [-0.4, -0.2) is 18.2 Å². The lowest BCUT2D eigenvalue weighted by molar-refractivity contribution is -0.135. The molecule has 0 aromatic carbocycles. The van der Waals surface area contributed by atoms with E-state index < -0.39 is 0 Å². The highest BCUT2D eigenvalue weighted by atomic mass is 79.9. The summed E-state index contributed by atoms with van der Waals surface area (Å²) in [4.78, 5) is 1.40. The van der Waals surface area contributed by atoms with E-state index in [1.54, 1.807) is 0 Å². The number of nitrogens with one attached hydrogen (secondary N) is 1. The molecule has 0 radical (unpaired) electrons. The smallest absolute Gasteiger partial charge is 0.0697 e. The number of rotatable bonds is 3. The number of hydrogen-bond donors (Lipinski definition) is 1. The van der Waals surface area contributed by atoms with Gasteiger partial charge in [0.1, 0.15) is 0 Å². The third-order valence-corrected chi connectivity index (χ3v) is 5.93. The average molecular weight is 316 g/mol. The Balaban J connectivity index is 1.53. The molecule has 0 bridgehead atoms. The molecule has 0 amide bonds. The molecule has 94 valence electrons. The molecule has 1 spiro atoms. The zero-order chi connectivity index (χ0) is 11.7. The first-order valence-electron chi connectivity index (χ1n) is 6.37. The van der Waals surface area contributed by atoms with Crippen molar-refractivity contribution in [1.29, 1.82) is 0 Å². The number of thiophene rings is 1. The lowest BCUT2D eigenvalue weighted by Gasteiger charge is -2.47. The van der Waals surface area contributed by atoms with E-state index in [-0.39, 0.29) is 5.60 Å². The Bertz CT molecular complexity index is 389. The minimum atomic E-state index is 0.253. The predicted octanol–water partition coefficient (Wildman–Crippen LogP) is 3.70. The summed E-state index contributed by atoms with van der Waals surface area (Å²) in [5, 5.41) is 5.83. The van der Waals surface area contributed by atoms with Gasteiger partial charge in [-0.05, 0) is 59.5 Å². The highest BCUT2D eigenvalue weighted by Crippen LogP contribution is 2.42. The van der Waals surface area contributed by atoms with Crippen molar-refractivity contribution in [3.63, 3.8) is 0 Å². The maximum atomic E-state index is 5.95. The Hall–Kier alpha value is 0.1000. The maximum absolute atomic E-state index is 5.95. The normalized spacial score (nSPS) is 27.0.